The molecule has 172 valence electrons. The first kappa shape index (κ1) is 21.2. The zero-order valence-corrected chi connectivity index (χ0v) is 19.9. The summed E-state index contributed by atoms with van der Waals surface area (Å²) in [6, 6.07) is 30.3. The number of carbonyl (C=O) groups excluding carboxylic acids is 1. The van der Waals surface area contributed by atoms with E-state index in [1.807, 2.05) is 56.6 Å². The van der Waals surface area contributed by atoms with E-state index in [0.717, 1.165) is 39.0 Å². The molecule has 1 aliphatic rings. The summed E-state index contributed by atoms with van der Waals surface area (Å²) in [6.07, 6.45) is 1.73. The summed E-state index contributed by atoms with van der Waals surface area (Å²) in [4.78, 5) is 20.1. The van der Waals surface area contributed by atoms with Crippen molar-refractivity contribution < 1.29 is 9.53 Å². The molecule has 5 heteroatoms. The lowest BCUT2D eigenvalue weighted by Gasteiger charge is -2.30. The number of hydrogen-bond donors (Lipinski definition) is 0. The molecule has 0 saturated heterocycles. The fourth-order valence-electron chi connectivity index (χ4n) is 5.28. The average molecular weight is 460 g/mol. The molecule has 3 aromatic carbocycles. The number of carbonyl (C=O) groups is 1. The largest absolute Gasteiger partial charge is 0.439 e. The van der Waals surface area contributed by atoms with Gasteiger partial charge in [0.25, 0.3) is 0 Å². The summed E-state index contributed by atoms with van der Waals surface area (Å²) in [5.74, 6) is -0.364. The molecular formula is C30H25N3O2. The van der Waals surface area contributed by atoms with E-state index in [9.17, 15) is 4.79 Å². The number of hydrogen-bond acceptors (Lipinski definition) is 4. The number of cyclic esters (lactones) is 1. The highest BCUT2D eigenvalue weighted by molar-refractivity contribution is 6.00. The average Bonchev–Trinajstić information content (AvgIpc) is 3.37. The van der Waals surface area contributed by atoms with Gasteiger partial charge < -0.3 is 14.2 Å². The number of ether oxygens (including phenoxy) is 1. The van der Waals surface area contributed by atoms with Gasteiger partial charge in [-0.1, -0.05) is 60.7 Å². The van der Waals surface area contributed by atoms with Crippen molar-refractivity contribution in [3.63, 3.8) is 0 Å². The van der Waals surface area contributed by atoms with Crippen molar-refractivity contribution in [2.24, 2.45) is 7.05 Å². The lowest BCUT2D eigenvalue weighted by molar-refractivity contribution is 0.0249. The number of pyridine rings is 1. The zero-order valence-electron chi connectivity index (χ0n) is 19.9. The molecule has 0 saturated carbocycles. The first-order chi connectivity index (χ1) is 17.0. The molecule has 1 unspecified atom stereocenters. The van der Waals surface area contributed by atoms with Gasteiger partial charge in [-0.2, -0.15) is 0 Å². The van der Waals surface area contributed by atoms with Crippen LogP contribution in [0.25, 0.3) is 22.2 Å². The molecule has 35 heavy (non-hydrogen) atoms. The van der Waals surface area contributed by atoms with Crippen molar-refractivity contribution in [3.05, 3.63) is 120 Å². The Morgan fingerprint density at radius 1 is 0.857 bits per heavy atom. The molecule has 1 aliphatic heterocycles. The van der Waals surface area contributed by atoms with Crippen LogP contribution in [0.5, 0.6) is 0 Å². The number of aryl methyl sites for hydroxylation is 1. The van der Waals surface area contributed by atoms with E-state index in [0.29, 0.717) is 11.3 Å². The van der Waals surface area contributed by atoms with Crippen LogP contribution in [0, 0.1) is 0 Å². The monoisotopic (exact) mass is 459 g/mol. The molecule has 0 radical (unpaired) electrons. The van der Waals surface area contributed by atoms with E-state index >= 15 is 0 Å². The number of fused-ring (bicyclic) bond motifs is 2. The number of benzene rings is 3. The third-order valence-electron chi connectivity index (χ3n) is 6.90. The third-order valence-corrected chi connectivity index (χ3v) is 6.90. The lowest BCUT2D eigenvalue weighted by Crippen LogP contribution is -2.31. The second kappa shape index (κ2) is 7.84. The maximum atomic E-state index is 13.3. The molecule has 0 N–H and O–H groups in total. The molecule has 0 aliphatic carbocycles. The summed E-state index contributed by atoms with van der Waals surface area (Å²) < 4.78 is 8.63. The predicted octanol–water partition coefficient (Wildman–Crippen LogP) is 5.77. The number of aromatic nitrogens is 2. The van der Waals surface area contributed by atoms with Gasteiger partial charge in [0.05, 0.1) is 11.3 Å². The van der Waals surface area contributed by atoms with Crippen LogP contribution in [-0.2, 0) is 17.4 Å². The molecule has 5 aromatic rings. The van der Waals surface area contributed by atoms with Crippen LogP contribution in [0.3, 0.4) is 0 Å². The SMILES string of the molecule is CN(C)c1ccc(C2(c3c(-c4ccccc4)n(C)c4ccccc34)OC(=O)c3cccnc32)cc1. The van der Waals surface area contributed by atoms with Crippen LogP contribution < -0.4 is 4.90 Å². The maximum absolute atomic E-state index is 13.3. The topological polar surface area (TPSA) is 47.4 Å². The highest BCUT2D eigenvalue weighted by Crippen LogP contribution is 2.52. The molecule has 3 heterocycles. The molecule has 0 amide bonds. The Balaban J connectivity index is 1.77. The quantitative estimate of drug-likeness (QED) is 0.320. The Kier molecular flexibility index (Phi) is 4.74. The number of esters is 1. The Morgan fingerprint density at radius 2 is 1.57 bits per heavy atom. The lowest BCUT2D eigenvalue weighted by atomic mass is 9.80. The summed E-state index contributed by atoms with van der Waals surface area (Å²) in [7, 11) is 6.08. The standard InChI is InChI=1S/C30H25N3O2/c1-32(2)22-17-15-21(16-18-22)30(28-24(29(34)35-30)13-9-19-31-28)26-23-12-7-8-14-25(23)33(3)27(26)20-10-5-4-6-11-20/h4-19H,1-3H3. The number of nitrogens with zero attached hydrogens (tertiary/aromatic N) is 3. The molecule has 2 aromatic heterocycles. The zero-order chi connectivity index (χ0) is 24.2. The van der Waals surface area contributed by atoms with Gasteiger partial charge in [-0.25, -0.2) is 4.79 Å². The molecule has 0 fully saturated rings. The fraction of sp³-hybridized carbons (Fsp3) is 0.133. The van der Waals surface area contributed by atoms with Gasteiger partial charge in [-0.15, -0.1) is 0 Å². The van der Waals surface area contributed by atoms with Gasteiger partial charge in [0.15, 0.2) is 0 Å². The molecule has 0 bridgehead atoms. The van der Waals surface area contributed by atoms with Gasteiger partial charge in [-0.05, 0) is 35.9 Å². The van der Waals surface area contributed by atoms with E-state index in [2.05, 4.69) is 52.9 Å². The second-order valence-electron chi connectivity index (χ2n) is 9.08. The summed E-state index contributed by atoms with van der Waals surface area (Å²) in [5.41, 5.74) is 5.88. The minimum atomic E-state index is -1.19. The molecule has 5 nitrogen and oxygen atoms in total. The highest BCUT2D eigenvalue weighted by atomic mass is 16.6. The highest BCUT2D eigenvalue weighted by Gasteiger charge is 2.52. The Morgan fingerprint density at radius 3 is 2.31 bits per heavy atom. The molecule has 0 spiro atoms. The van der Waals surface area contributed by atoms with Crippen molar-refractivity contribution in [1.82, 2.24) is 9.55 Å². The van der Waals surface area contributed by atoms with E-state index in [1.165, 1.54) is 0 Å². The van der Waals surface area contributed by atoms with Gasteiger partial charge in [0.1, 0.15) is 5.69 Å². The third kappa shape index (κ3) is 3.01. The van der Waals surface area contributed by atoms with Crippen LogP contribution in [0.1, 0.15) is 27.2 Å². The van der Waals surface area contributed by atoms with Crippen LogP contribution in [-0.4, -0.2) is 29.6 Å². The smallest absolute Gasteiger partial charge is 0.341 e. The Bertz CT molecular complexity index is 1570. The van der Waals surface area contributed by atoms with Crippen molar-refractivity contribution in [1.29, 1.82) is 0 Å². The van der Waals surface area contributed by atoms with Gasteiger partial charge >= 0.3 is 5.97 Å². The Hall–Kier alpha value is -4.38. The molecule has 6 rings (SSSR count). The van der Waals surface area contributed by atoms with Gasteiger partial charge in [-0.3, -0.25) is 4.98 Å². The number of para-hydroxylation sites is 1. The van der Waals surface area contributed by atoms with Crippen molar-refractivity contribution >= 4 is 22.6 Å². The fourth-order valence-corrected chi connectivity index (χ4v) is 5.28. The van der Waals surface area contributed by atoms with E-state index < -0.39 is 5.60 Å². The minimum absolute atomic E-state index is 0.364. The van der Waals surface area contributed by atoms with Crippen LogP contribution in [0.4, 0.5) is 5.69 Å². The van der Waals surface area contributed by atoms with Crippen LogP contribution >= 0.6 is 0 Å². The van der Waals surface area contributed by atoms with Crippen molar-refractivity contribution in [2.75, 3.05) is 19.0 Å². The first-order valence-electron chi connectivity index (χ1n) is 11.6. The van der Waals surface area contributed by atoms with E-state index in [-0.39, 0.29) is 5.97 Å². The summed E-state index contributed by atoms with van der Waals surface area (Å²) in [5, 5.41) is 1.02. The van der Waals surface area contributed by atoms with Crippen molar-refractivity contribution in [3.8, 4) is 11.3 Å². The molecule has 1 atom stereocenters. The van der Waals surface area contributed by atoms with Gasteiger partial charge in [0, 0.05) is 55.1 Å². The van der Waals surface area contributed by atoms with Gasteiger partial charge in [0.2, 0.25) is 5.60 Å². The molecular weight excluding hydrogens is 434 g/mol. The van der Waals surface area contributed by atoms with Crippen LogP contribution in [0.15, 0.2) is 97.2 Å². The predicted molar refractivity (Wildman–Crippen MR) is 139 cm³/mol. The summed E-state index contributed by atoms with van der Waals surface area (Å²) >= 11 is 0. The van der Waals surface area contributed by atoms with Crippen LogP contribution in [0.2, 0.25) is 0 Å². The minimum Gasteiger partial charge on any atom is -0.439 e. The normalized spacial score (nSPS) is 16.8. The Labute approximate surface area is 204 Å². The second-order valence-corrected chi connectivity index (χ2v) is 9.08. The van der Waals surface area contributed by atoms with Crippen molar-refractivity contribution in [2.45, 2.75) is 5.60 Å². The maximum Gasteiger partial charge on any atom is 0.341 e. The summed E-state index contributed by atoms with van der Waals surface area (Å²) in [6.45, 7) is 0. The first-order valence-corrected chi connectivity index (χ1v) is 11.6. The van der Waals surface area contributed by atoms with E-state index in [1.54, 1.807) is 18.3 Å². The number of rotatable bonds is 4. The van der Waals surface area contributed by atoms with E-state index in [4.69, 9.17) is 9.72 Å². The number of anilines is 1.